The maximum atomic E-state index is 11.7. The predicted molar refractivity (Wildman–Crippen MR) is 70.6 cm³/mol. The van der Waals surface area contributed by atoms with Crippen molar-refractivity contribution in [2.75, 3.05) is 7.11 Å². The average Bonchev–Trinajstić information content (AvgIpc) is 2.81. The van der Waals surface area contributed by atoms with Crippen LogP contribution in [-0.2, 0) is 0 Å². The summed E-state index contributed by atoms with van der Waals surface area (Å²) in [5.41, 5.74) is 1.44. The van der Waals surface area contributed by atoms with Crippen LogP contribution < -0.4 is 9.47 Å². The van der Waals surface area contributed by atoms with Crippen molar-refractivity contribution in [3.05, 3.63) is 47.8 Å². The molecule has 0 aliphatic rings. The Kier molecular flexibility index (Phi) is 2.60. The number of pyridine rings is 1. The molecular formula is C13H10N2O2S. The van der Waals surface area contributed by atoms with Gasteiger partial charge < -0.3 is 9.94 Å². The lowest BCUT2D eigenvalue weighted by Gasteiger charge is -1.98. The highest BCUT2D eigenvalue weighted by molar-refractivity contribution is 7.21. The number of benzene rings is 1. The SMILES string of the molecule is COc1ccc2nc(-c3cccc[n+]3[O-])sc2c1. The fourth-order valence-electron chi connectivity index (χ4n) is 1.74. The molecule has 2 heterocycles. The van der Waals surface area contributed by atoms with E-state index < -0.39 is 0 Å². The van der Waals surface area contributed by atoms with Crippen molar-refractivity contribution >= 4 is 21.6 Å². The van der Waals surface area contributed by atoms with Crippen molar-refractivity contribution in [2.45, 2.75) is 0 Å². The summed E-state index contributed by atoms with van der Waals surface area (Å²) in [6.45, 7) is 0. The molecule has 3 aromatic rings. The number of thiazole rings is 1. The van der Waals surface area contributed by atoms with E-state index in [1.807, 2.05) is 24.3 Å². The van der Waals surface area contributed by atoms with Gasteiger partial charge in [0, 0.05) is 12.1 Å². The Morgan fingerprint density at radius 2 is 2.17 bits per heavy atom. The van der Waals surface area contributed by atoms with Crippen molar-refractivity contribution in [3.8, 4) is 16.5 Å². The van der Waals surface area contributed by atoms with Crippen LogP contribution in [-0.4, -0.2) is 12.1 Å². The van der Waals surface area contributed by atoms with Crippen molar-refractivity contribution < 1.29 is 9.47 Å². The summed E-state index contributed by atoms with van der Waals surface area (Å²) in [5.74, 6) is 0.792. The van der Waals surface area contributed by atoms with Gasteiger partial charge in [-0.25, -0.2) is 4.98 Å². The van der Waals surface area contributed by atoms with E-state index in [1.165, 1.54) is 17.5 Å². The zero-order valence-electron chi connectivity index (χ0n) is 9.66. The van der Waals surface area contributed by atoms with Crippen LogP contribution in [0, 0.1) is 5.21 Å². The van der Waals surface area contributed by atoms with E-state index in [1.54, 1.807) is 19.2 Å². The summed E-state index contributed by atoms with van der Waals surface area (Å²) in [6, 6.07) is 11.0. The maximum absolute atomic E-state index is 11.7. The number of methoxy groups -OCH3 is 1. The topological polar surface area (TPSA) is 49.1 Å². The summed E-state index contributed by atoms with van der Waals surface area (Å²) in [4.78, 5) is 4.46. The maximum Gasteiger partial charge on any atom is 0.252 e. The lowest BCUT2D eigenvalue weighted by Crippen LogP contribution is -2.27. The van der Waals surface area contributed by atoms with Crippen molar-refractivity contribution in [3.63, 3.8) is 0 Å². The number of rotatable bonds is 2. The van der Waals surface area contributed by atoms with Gasteiger partial charge in [0.05, 0.1) is 17.3 Å². The van der Waals surface area contributed by atoms with Crippen molar-refractivity contribution in [1.29, 1.82) is 0 Å². The van der Waals surface area contributed by atoms with E-state index in [-0.39, 0.29) is 0 Å². The number of hydrogen-bond donors (Lipinski definition) is 0. The fourth-order valence-corrected chi connectivity index (χ4v) is 2.74. The highest BCUT2D eigenvalue weighted by Gasteiger charge is 2.13. The Morgan fingerprint density at radius 3 is 2.94 bits per heavy atom. The molecule has 0 saturated heterocycles. The van der Waals surface area contributed by atoms with E-state index in [9.17, 15) is 5.21 Å². The van der Waals surface area contributed by atoms with Crippen LogP contribution in [0.2, 0.25) is 0 Å². The molecule has 5 heteroatoms. The van der Waals surface area contributed by atoms with Crippen molar-refractivity contribution in [1.82, 2.24) is 4.98 Å². The summed E-state index contributed by atoms with van der Waals surface area (Å²) >= 11 is 1.48. The van der Waals surface area contributed by atoms with Crippen LogP contribution in [0.5, 0.6) is 5.75 Å². The molecule has 0 aliphatic heterocycles. The van der Waals surface area contributed by atoms with Crippen LogP contribution in [0.25, 0.3) is 20.9 Å². The van der Waals surface area contributed by atoms with Gasteiger partial charge in [-0.15, -0.1) is 11.3 Å². The van der Waals surface area contributed by atoms with Gasteiger partial charge in [-0.05, 0) is 24.3 Å². The molecule has 0 amide bonds. The number of ether oxygens (including phenoxy) is 1. The minimum Gasteiger partial charge on any atom is -0.618 e. The van der Waals surface area contributed by atoms with Crippen LogP contribution in [0.1, 0.15) is 0 Å². The van der Waals surface area contributed by atoms with Crippen LogP contribution in [0.15, 0.2) is 42.6 Å². The summed E-state index contributed by atoms with van der Waals surface area (Å²) in [5, 5.41) is 12.4. The second-order valence-electron chi connectivity index (χ2n) is 3.76. The van der Waals surface area contributed by atoms with E-state index >= 15 is 0 Å². The molecule has 0 atom stereocenters. The number of nitrogens with zero attached hydrogens (tertiary/aromatic N) is 2. The van der Waals surface area contributed by atoms with E-state index in [0.29, 0.717) is 10.7 Å². The predicted octanol–water partition coefficient (Wildman–Crippen LogP) is 2.61. The van der Waals surface area contributed by atoms with Gasteiger partial charge in [0.25, 0.3) is 5.69 Å². The second kappa shape index (κ2) is 4.27. The molecule has 0 spiro atoms. The lowest BCUT2D eigenvalue weighted by atomic mass is 10.3. The average molecular weight is 258 g/mol. The lowest BCUT2D eigenvalue weighted by molar-refractivity contribution is -0.593. The number of hydrogen-bond acceptors (Lipinski definition) is 4. The van der Waals surface area contributed by atoms with Crippen molar-refractivity contribution in [2.24, 2.45) is 0 Å². The van der Waals surface area contributed by atoms with Gasteiger partial charge in [0.1, 0.15) is 5.75 Å². The van der Waals surface area contributed by atoms with Crippen LogP contribution in [0.3, 0.4) is 0 Å². The number of fused-ring (bicyclic) bond motifs is 1. The molecule has 0 radical (unpaired) electrons. The molecule has 0 N–H and O–H groups in total. The minimum atomic E-state index is 0.567. The van der Waals surface area contributed by atoms with E-state index in [2.05, 4.69) is 4.98 Å². The smallest absolute Gasteiger partial charge is 0.252 e. The molecule has 0 bridgehead atoms. The van der Waals surface area contributed by atoms with Crippen LogP contribution in [0.4, 0.5) is 0 Å². The Balaban J connectivity index is 2.17. The zero-order chi connectivity index (χ0) is 12.5. The third-order valence-corrected chi connectivity index (χ3v) is 3.68. The largest absolute Gasteiger partial charge is 0.618 e. The Morgan fingerprint density at radius 1 is 1.28 bits per heavy atom. The summed E-state index contributed by atoms with van der Waals surface area (Å²) in [7, 11) is 1.63. The van der Waals surface area contributed by atoms with Gasteiger partial charge in [0.2, 0.25) is 0 Å². The normalized spacial score (nSPS) is 10.7. The van der Waals surface area contributed by atoms with Gasteiger partial charge >= 0.3 is 0 Å². The zero-order valence-corrected chi connectivity index (χ0v) is 10.5. The molecule has 18 heavy (non-hydrogen) atoms. The first-order chi connectivity index (χ1) is 8.78. The first-order valence-electron chi connectivity index (χ1n) is 5.41. The molecule has 2 aromatic heterocycles. The first kappa shape index (κ1) is 11.0. The third kappa shape index (κ3) is 1.78. The van der Waals surface area contributed by atoms with E-state index in [0.717, 1.165) is 20.7 Å². The molecule has 0 saturated carbocycles. The standard InChI is InChI=1S/C13H10N2O2S/c1-17-9-5-6-10-12(8-9)18-13(14-10)11-4-2-3-7-15(11)16/h2-8H,1H3. The van der Waals surface area contributed by atoms with Gasteiger partial charge in [-0.2, -0.15) is 4.73 Å². The summed E-state index contributed by atoms with van der Waals surface area (Å²) in [6.07, 6.45) is 1.47. The fraction of sp³-hybridized carbons (Fsp3) is 0.0769. The molecule has 0 fully saturated rings. The molecular weight excluding hydrogens is 248 g/mol. The van der Waals surface area contributed by atoms with Gasteiger partial charge in [-0.1, -0.05) is 0 Å². The van der Waals surface area contributed by atoms with Gasteiger partial charge in [-0.3, -0.25) is 0 Å². The number of aromatic nitrogens is 2. The molecule has 1 aromatic carbocycles. The first-order valence-corrected chi connectivity index (χ1v) is 6.23. The molecule has 3 rings (SSSR count). The third-order valence-electron chi connectivity index (χ3n) is 2.64. The quantitative estimate of drug-likeness (QED) is 0.524. The van der Waals surface area contributed by atoms with Gasteiger partial charge in [0.15, 0.2) is 11.2 Å². The van der Waals surface area contributed by atoms with E-state index in [4.69, 9.17) is 4.74 Å². The second-order valence-corrected chi connectivity index (χ2v) is 4.79. The Labute approximate surface area is 108 Å². The molecule has 0 aliphatic carbocycles. The van der Waals surface area contributed by atoms with Crippen LogP contribution >= 0.6 is 11.3 Å². The minimum absolute atomic E-state index is 0.567. The summed E-state index contributed by atoms with van der Waals surface area (Å²) < 4.78 is 7.01. The molecule has 0 unspecified atom stereocenters. The Hall–Kier alpha value is -2.14. The monoisotopic (exact) mass is 258 g/mol. The molecule has 90 valence electrons. The highest BCUT2D eigenvalue weighted by Crippen LogP contribution is 2.30. The molecule has 4 nitrogen and oxygen atoms in total. The Bertz CT molecular complexity index is 709. The highest BCUT2D eigenvalue weighted by atomic mass is 32.1.